The largest absolute Gasteiger partial charge is 0.383 e. The summed E-state index contributed by atoms with van der Waals surface area (Å²) in [6, 6.07) is 4.24. The average Bonchev–Trinajstić information content (AvgIpc) is 2.77. The van der Waals surface area contributed by atoms with Gasteiger partial charge < -0.3 is 4.74 Å². The lowest BCUT2D eigenvalue weighted by Gasteiger charge is -2.07. The monoisotopic (exact) mass is 360 g/mol. The van der Waals surface area contributed by atoms with Crippen LogP contribution in [0.25, 0.3) is 0 Å². The lowest BCUT2D eigenvalue weighted by molar-refractivity contribution is 0.102. The Morgan fingerprint density at radius 2 is 2.30 bits per heavy atom. The minimum Gasteiger partial charge on any atom is -0.383 e. The van der Waals surface area contributed by atoms with Crippen molar-refractivity contribution in [1.82, 2.24) is 9.78 Å². The van der Waals surface area contributed by atoms with E-state index in [0.29, 0.717) is 17.6 Å². The Hall–Kier alpha value is -1.24. The maximum Gasteiger partial charge on any atom is 0.215 e. The van der Waals surface area contributed by atoms with Crippen LogP contribution in [0.15, 0.2) is 28.9 Å². The molecule has 0 bridgehead atoms. The number of hydrogen-bond donors (Lipinski definition) is 0. The highest BCUT2D eigenvalue weighted by Gasteiger charge is 2.21. The quantitative estimate of drug-likeness (QED) is 0.768. The smallest absolute Gasteiger partial charge is 0.215 e. The summed E-state index contributed by atoms with van der Waals surface area (Å²) in [5, 5.41) is 4.19. The van der Waals surface area contributed by atoms with E-state index in [1.807, 2.05) is 0 Å². The molecule has 20 heavy (non-hydrogen) atoms. The molecule has 106 valence electrons. The molecule has 0 radical (unpaired) electrons. The van der Waals surface area contributed by atoms with E-state index in [9.17, 15) is 9.18 Å². The maximum atomic E-state index is 13.9. The molecule has 7 heteroatoms. The van der Waals surface area contributed by atoms with Gasteiger partial charge in [0.15, 0.2) is 0 Å². The second-order valence-electron chi connectivity index (χ2n) is 4.01. The lowest BCUT2D eigenvalue weighted by atomic mass is 10.1. The van der Waals surface area contributed by atoms with Crippen LogP contribution >= 0.6 is 27.5 Å². The summed E-state index contributed by atoms with van der Waals surface area (Å²) < 4.78 is 20.8. The van der Waals surface area contributed by atoms with Crippen LogP contribution in [-0.2, 0) is 11.3 Å². The van der Waals surface area contributed by atoms with E-state index >= 15 is 0 Å². The number of hydrogen-bond acceptors (Lipinski definition) is 3. The van der Waals surface area contributed by atoms with Gasteiger partial charge in [-0.1, -0.05) is 27.5 Å². The van der Waals surface area contributed by atoms with Crippen molar-refractivity contribution in [1.29, 1.82) is 0 Å². The van der Waals surface area contributed by atoms with E-state index in [-0.39, 0.29) is 16.3 Å². The molecule has 0 unspecified atom stereocenters. The Bertz CT molecular complexity index is 645. The molecule has 0 aliphatic carbocycles. The molecule has 0 saturated heterocycles. The minimum absolute atomic E-state index is 0.0470. The predicted octanol–water partition coefficient (Wildman–Crippen LogP) is 3.32. The van der Waals surface area contributed by atoms with Crippen LogP contribution < -0.4 is 0 Å². The van der Waals surface area contributed by atoms with E-state index < -0.39 is 11.6 Å². The molecule has 0 N–H and O–H groups in total. The second kappa shape index (κ2) is 6.47. The van der Waals surface area contributed by atoms with E-state index in [1.165, 1.54) is 23.0 Å². The van der Waals surface area contributed by atoms with E-state index in [0.717, 1.165) is 0 Å². The molecule has 0 aliphatic heterocycles. The minimum atomic E-state index is -0.611. The van der Waals surface area contributed by atoms with E-state index in [2.05, 4.69) is 21.0 Å². The molecular formula is C13H11BrClFN2O2. The van der Waals surface area contributed by atoms with Gasteiger partial charge in [-0.3, -0.25) is 9.48 Å². The van der Waals surface area contributed by atoms with Gasteiger partial charge in [-0.2, -0.15) is 5.10 Å². The van der Waals surface area contributed by atoms with Crippen LogP contribution in [0.4, 0.5) is 4.39 Å². The third kappa shape index (κ3) is 3.08. The molecular weight excluding hydrogens is 351 g/mol. The van der Waals surface area contributed by atoms with Crippen molar-refractivity contribution in [2.24, 2.45) is 0 Å². The number of carbonyl (C=O) groups excluding carboxylic acids is 1. The molecule has 0 spiro atoms. The molecule has 2 rings (SSSR count). The number of ether oxygens (including phenoxy) is 1. The molecule has 0 atom stereocenters. The van der Waals surface area contributed by atoms with Gasteiger partial charge in [0.05, 0.1) is 29.9 Å². The zero-order valence-electron chi connectivity index (χ0n) is 10.6. The molecule has 0 saturated carbocycles. The van der Waals surface area contributed by atoms with Gasteiger partial charge >= 0.3 is 0 Å². The maximum absolute atomic E-state index is 13.9. The normalized spacial score (nSPS) is 10.8. The van der Waals surface area contributed by atoms with Crippen LogP contribution in [0, 0.1) is 5.82 Å². The fraction of sp³-hybridized carbons (Fsp3) is 0.231. The van der Waals surface area contributed by atoms with Crippen molar-refractivity contribution in [3.63, 3.8) is 0 Å². The van der Waals surface area contributed by atoms with Gasteiger partial charge in [0.25, 0.3) is 0 Å². The molecule has 0 aliphatic rings. The highest BCUT2D eigenvalue weighted by molar-refractivity contribution is 9.10. The SMILES string of the molecule is COCCn1ncc(Cl)c1C(=O)c1ccc(Br)cc1F. The summed E-state index contributed by atoms with van der Waals surface area (Å²) in [7, 11) is 1.54. The van der Waals surface area contributed by atoms with Crippen molar-refractivity contribution >= 4 is 33.3 Å². The number of nitrogens with zero attached hydrogens (tertiary/aromatic N) is 2. The highest BCUT2D eigenvalue weighted by atomic mass is 79.9. The number of aromatic nitrogens is 2. The van der Waals surface area contributed by atoms with Crippen LogP contribution in [0.2, 0.25) is 5.02 Å². The Morgan fingerprint density at radius 1 is 1.55 bits per heavy atom. The van der Waals surface area contributed by atoms with Gasteiger partial charge in [-0.15, -0.1) is 0 Å². The summed E-state index contributed by atoms with van der Waals surface area (Å²) in [6.45, 7) is 0.740. The molecule has 0 amide bonds. The van der Waals surface area contributed by atoms with Crippen LogP contribution in [0.3, 0.4) is 0 Å². The summed E-state index contributed by atoms with van der Waals surface area (Å²) in [5.74, 6) is -1.12. The molecule has 1 aromatic heterocycles. The fourth-order valence-electron chi connectivity index (χ4n) is 1.74. The second-order valence-corrected chi connectivity index (χ2v) is 5.33. The Morgan fingerprint density at radius 3 is 2.95 bits per heavy atom. The first-order chi connectivity index (χ1) is 9.54. The standard InChI is InChI=1S/C13H11BrClFN2O2/c1-20-5-4-18-12(10(15)7-17-18)13(19)9-3-2-8(14)6-11(9)16/h2-3,6-7H,4-5H2,1H3. The molecule has 1 aromatic carbocycles. The predicted molar refractivity (Wildman–Crippen MR) is 76.6 cm³/mol. The van der Waals surface area contributed by atoms with Gasteiger partial charge in [0.2, 0.25) is 5.78 Å². The third-order valence-corrected chi connectivity index (χ3v) is 3.46. The van der Waals surface area contributed by atoms with Gasteiger partial charge in [-0.25, -0.2) is 4.39 Å². The van der Waals surface area contributed by atoms with Gasteiger partial charge in [-0.05, 0) is 18.2 Å². The summed E-state index contributed by atoms with van der Waals surface area (Å²) in [5.41, 5.74) is 0.110. The number of ketones is 1. The van der Waals surface area contributed by atoms with Crippen molar-refractivity contribution in [2.45, 2.75) is 6.54 Å². The van der Waals surface area contributed by atoms with Crippen molar-refractivity contribution < 1.29 is 13.9 Å². The van der Waals surface area contributed by atoms with Crippen molar-refractivity contribution in [2.75, 3.05) is 13.7 Å². The van der Waals surface area contributed by atoms with Crippen LogP contribution in [-0.4, -0.2) is 29.3 Å². The zero-order chi connectivity index (χ0) is 14.7. The lowest BCUT2D eigenvalue weighted by Crippen LogP contribution is -2.15. The fourth-order valence-corrected chi connectivity index (χ4v) is 2.30. The first-order valence-electron chi connectivity index (χ1n) is 5.74. The summed E-state index contributed by atoms with van der Waals surface area (Å²) >= 11 is 9.12. The summed E-state index contributed by atoms with van der Waals surface area (Å²) in [4.78, 5) is 12.4. The molecule has 0 fully saturated rings. The van der Waals surface area contributed by atoms with Crippen molar-refractivity contribution in [3.8, 4) is 0 Å². The number of benzene rings is 1. The van der Waals surface area contributed by atoms with Crippen LogP contribution in [0.1, 0.15) is 16.1 Å². The zero-order valence-corrected chi connectivity index (χ0v) is 12.9. The molecule has 2 aromatic rings. The number of carbonyl (C=O) groups is 1. The first-order valence-corrected chi connectivity index (χ1v) is 6.91. The van der Waals surface area contributed by atoms with Crippen molar-refractivity contribution in [3.05, 3.63) is 51.0 Å². The number of methoxy groups -OCH3 is 1. The van der Waals surface area contributed by atoms with E-state index in [1.54, 1.807) is 13.2 Å². The average molecular weight is 362 g/mol. The number of rotatable bonds is 5. The Balaban J connectivity index is 2.40. The Kier molecular flexibility index (Phi) is 4.91. The van der Waals surface area contributed by atoms with Crippen LogP contribution in [0.5, 0.6) is 0 Å². The third-order valence-electron chi connectivity index (χ3n) is 2.69. The highest BCUT2D eigenvalue weighted by Crippen LogP contribution is 2.22. The number of halogens is 3. The topological polar surface area (TPSA) is 44.1 Å². The first kappa shape index (κ1) is 15.2. The van der Waals surface area contributed by atoms with E-state index in [4.69, 9.17) is 16.3 Å². The van der Waals surface area contributed by atoms with Gasteiger partial charge in [0, 0.05) is 11.6 Å². The molecule has 1 heterocycles. The molecule has 4 nitrogen and oxygen atoms in total. The Labute approximate surface area is 128 Å². The van der Waals surface area contributed by atoms with Gasteiger partial charge in [0.1, 0.15) is 11.5 Å². The summed E-state index contributed by atoms with van der Waals surface area (Å²) in [6.07, 6.45) is 1.36.